The largest absolute Gasteiger partial charge is 0.348 e. The molecular weight excluding hydrogens is 266 g/mol. The van der Waals surface area contributed by atoms with Crippen molar-refractivity contribution in [1.29, 1.82) is 0 Å². The van der Waals surface area contributed by atoms with Gasteiger partial charge < -0.3 is 14.4 Å². The van der Waals surface area contributed by atoms with Gasteiger partial charge in [-0.2, -0.15) is 0 Å². The Hall–Kier alpha value is -1.39. The Kier molecular flexibility index (Phi) is 3.05. The zero-order chi connectivity index (χ0) is 14.3. The van der Waals surface area contributed by atoms with Gasteiger partial charge in [0.25, 0.3) is 0 Å². The number of anilines is 1. The maximum Gasteiger partial charge on any atom is 0.233 e. The zero-order valence-corrected chi connectivity index (χ0v) is 12.2. The lowest BCUT2D eigenvalue weighted by Gasteiger charge is -2.40. The van der Waals surface area contributed by atoms with Crippen molar-refractivity contribution in [2.24, 2.45) is 5.41 Å². The fourth-order valence-electron chi connectivity index (χ4n) is 4.03. The second-order valence-corrected chi connectivity index (χ2v) is 6.43. The molecule has 4 heteroatoms. The lowest BCUT2D eigenvalue weighted by molar-refractivity contribution is -0.191. The van der Waals surface area contributed by atoms with Gasteiger partial charge in [0.15, 0.2) is 5.79 Å². The Bertz CT molecular complexity index is 526. The molecule has 0 radical (unpaired) electrons. The maximum absolute atomic E-state index is 12.9. The molecule has 0 atom stereocenters. The van der Waals surface area contributed by atoms with E-state index >= 15 is 0 Å². The summed E-state index contributed by atoms with van der Waals surface area (Å²) in [5.74, 6) is -0.0901. The topological polar surface area (TPSA) is 38.8 Å². The summed E-state index contributed by atoms with van der Waals surface area (Å²) in [6.07, 6.45) is 4.42. The SMILES string of the molecule is O=C1N(c2ccccc2)CCC12CCC1(CC2)OCCO1. The summed E-state index contributed by atoms with van der Waals surface area (Å²) in [7, 11) is 0. The van der Waals surface area contributed by atoms with Crippen LogP contribution < -0.4 is 4.90 Å². The van der Waals surface area contributed by atoms with Gasteiger partial charge in [0.1, 0.15) is 0 Å². The predicted octanol–water partition coefficient (Wildman–Crippen LogP) is 2.73. The summed E-state index contributed by atoms with van der Waals surface area (Å²) in [5, 5.41) is 0. The van der Waals surface area contributed by atoms with Crippen LogP contribution in [0.15, 0.2) is 30.3 Å². The smallest absolute Gasteiger partial charge is 0.233 e. The standard InChI is InChI=1S/C17H21NO3/c19-15-16(6-8-17(9-7-16)20-12-13-21-17)10-11-18(15)14-4-2-1-3-5-14/h1-5H,6-13H2. The number of nitrogens with zero attached hydrogens (tertiary/aromatic N) is 1. The van der Waals surface area contributed by atoms with Crippen LogP contribution in [0.3, 0.4) is 0 Å². The minimum Gasteiger partial charge on any atom is -0.348 e. The van der Waals surface area contributed by atoms with Crippen molar-refractivity contribution < 1.29 is 14.3 Å². The quantitative estimate of drug-likeness (QED) is 0.797. The van der Waals surface area contributed by atoms with Gasteiger partial charge in [-0.25, -0.2) is 0 Å². The Morgan fingerprint density at radius 1 is 0.905 bits per heavy atom. The van der Waals surface area contributed by atoms with Gasteiger partial charge in [0.2, 0.25) is 5.91 Å². The van der Waals surface area contributed by atoms with Gasteiger partial charge in [-0.3, -0.25) is 4.79 Å². The summed E-state index contributed by atoms with van der Waals surface area (Å²) >= 11 is 0. The first-order valence-electron chi connectivity index (χ1n) is 7.88. The van der Waals surface area contributed by atoms with Crippen LogP contribution in [0.5, 0.6) is 0 Å². The van der Waals surface area contributed by atoms with E-state index in [1.807, 2.05) is 35.2 Å². The molecule has 1 aromatic rings. The Morgan fingerprint density at radius 3 is 2.24 bits per heavy atom. The molecule has 0 N–H and O–H groups in total. The molecule has 2 heterocycles. The lowest BCUT2D eigenvalue weighted by Crippen LogP contribution is -2.44. The molecule has 1 aromatic carbocycles. The molecule has 1 aliphatic carbocycles. The molecule has 2 saturated heterocycles. The minimum absolute atomic E-state index is 0.184. The third-order valence-electron chi connectivity index (χ3n) is 5.36. The summed E-state index contributed by atoms with van der Waals surface area (Å²) < 4.78 is 11.6. The van der Waals surface area contributed by atoms with Gasteiger partial charge in [-0.15, -0.1) is 0 Å². The first-order valence-corrected chi connectivity index (χ1v) is 7.88. The van der Waals surface area contributed by atoms with Crippen molar-refractivity contribution >= 4 is 11.6 Å². The van der Waals surface area contributed by atoms with Crippen molar-refractivity contribution in [1.82, 2.24) is 0 Å². The summed E-state index contributed by atoms with van der Waals surface area (Å²) in [6.45, 7) is 2.21. The van der Waals surface area contributed by atoms with E-state index in [1.54, 1.807) is 0 Å². The van der Waals surface area contributed by atoms with Crippen LogP contribution in [0.2, 0.25) is 0 Å². The fraction of sp³-hybridized carbons (Fsp3) is 0.588. The first-order chi connectivity index (χ1) is 10.2. The van der Waals surface area contributed by atoms with E-state index in [9.17, 15) is 4.79 Å². The Labute approximate surface area is 125 Å². The number of carbonyl (C=O) groups excluding carboxylic acids is 1. The molecule has 2 spiro atoms. The van der Waals surface area contributed by atoms with Crippen molar-refractivity contribution in [2.45, 2.75) is 37.9 Å². The van der Waals surface area contributed by atoms with Crippen molar-refractivity contribution in [3.8, 4) is 0 Å². The molecule has 0 aromatic heterocycles. The van der Waals surface area contributed by atoms with Gasteiger partial charge >= 0.3 is 0 Å². The van der Waals surface area contributed by atoms with E-state index in [-0.39, 0.29) is 11.2 Å². The normalized spacial score (nSPS) is 26.9. The second-order valence-electron chi connectivity index (χ2n) is 6.43. The number of amides is 1. The van der Waals surface area contributed by atoms with Gasteiger partial charge in [0.05, 0.1) is 18.6 Å². The molecule has 3 aliphatic rings. The average molecular weight is 287 g/mol. The fourth-order valence-corrected chi connectivity index (χ4v) is 4.03. The number of benzene rings is 1. The van der Waals surface area contributed by atoms with E-state index in [0.717, 1.165) is 44.3 Å². The number of hydrogen-bond donors (Lipinski definition) is 0. The van der Waals surface area contributed by atoms with Gasteiger partial charge in [-0.05, 0) is 31.4 Å². The molecule has 112 valence electrons. The van der Waals surface area contributed by atoms with Crippen LogP contribution in [-0.2, 0) is 14.3 Å². The molecular formula is C17H21NO3. The van der Waals surface area contributed by atoms with Crippen LogP contribution >= 0.6 is 0 Å². The third kappa shape index (κ3) is 2.09. The number of ether oxygens (including phenoxy) is 2. The monoisotopic (exact) mass is 287 g/mol. The van der Waals surface area contributed by atoms with E-state index in [1.165, 1.54) is 0 Å². The highest BCUT2D eigenvalue weighted by Gasteiger charge is 2.53. The first kappa shape index (κ1) is 13.3. The summed E-state index contributed by atoms with van der Waals surface area (Å²) in [6, 6.07) is 10.0. The maximum atomic E-state index is 12.9. The predicted molar refractivity (Wildman–Crippen MR) is 78.9 cm³/mol. The average Bonchev–Trinajstić information content (AvgIpc) is 3.11. The van der Waals surface area contributed by atoms with E-state index < -0.39 is 0 Å². The molecule has 4 nitrogen and oxygen atoms in total. The van der Waals surface area contributed by atoms with Crippen molar-refractivity contribution in [3.05, 3.63) is 30.3 Å². The van der Waals surface area contributed by atoms with Gasteiger partial charge in [0, 0.05) is 25.1 Å². The van der Waals surface area contributed by atoms with Crippen LogP contribution in [0.25, 0.3) is 0 Å². The lowest BCUT2D eigenvalue weighted by atomic mass is 9.71. The highest BCUT2D eigenvalue weighted by Crippen LogP contribution is 2.50. The number of carbonyl (C=O) groups is 1. The number of rotatable bonds is 1. The number of para-hydroxylation sites is 1. The van der Waals surface area contributed by atoms with Crippen LogP contribution in [0.1, 0.15) is 32.1 Å². The van der Waals surface area contributed by atoms with Crippen LogP contribution in [0.4, 0.5) is 5.69 Å². The summed E-state index contributed by atoms with van der Waals surface area (Å²) in [4.78, 5) is 14.9. The molecule has 3 fully saturated rings. The molecule has 1 saturated carbocycles. The third-order valence-corrected chi connectivity index (χ3v) is 5.36. The summed E-state index contributed by atoms with van der Waals surface area (Å²) in [5.41, 5.74) is 0.837. The van der Waals surface area contributed by atoms with E-state index in [2.05, 4.69) is 0 Å². The molecule has 2 aliphatic heterocycles. The van der Waals surface area contributed by atoms with Crippen molar-refractivity contribution in [3.63, 3.8) is 0 Å². The van der Waals surface area contributed by atoms with E-state index in [0.29, 0.717) is 19.1 Å². The highest BCUT2D eigenvalue weighted by atomic mass is 16.7. The molecule has 21 heavy (non-hydrogen) atoms. The molecule has 1 amide bonds. The minimum atomic E-state index is -0.383. The number of hydrogen-bond acceptors (Lipinski definition) is 3. The zero-order valence-electron chi connectivity index (χ0n) is 12.2. The van der Waals surface area contributed by atoms with Crippen LogP contribution in [-0.4, -0.2) is 31.5 Å². The Balaban J connectivity index is 1.51. The van der Waals surface area contributed by atoms with Crippen LogP contribution in [0, 0.1) is 5.41 Å². The highest BCUT2D eigenvalue weighted by molar-refractivity contribution is 5.99. The van der Waals surface area contributed by atoms with E-state index in [4.69, 9.17) is 9.47 Å². The Morgan fingerprint density at radius 2 is 1.57 bits per heavy atom. The van der Waals surface area contributed by atoms with Gasteiger partial charge in [-0.1, -0.05) is 18.2 Å². The molecule has 4 rings (SSSR count). The van der Waals surface area contributed by atoms with Crippen molar-refractivity contribution in [2.75, 3.05) is 24.7 Å². The second kappa shape index (κ2) is 4.82. The molecule has 0 unspecified atom stereocenters. The molecule has 0 bridgehead atoms.